The minimum atomic E-state index is -3.99. The van der Waals surface area contributed by atoms with Crippen LogP contribution in [0, 0.1) is 0 Å². The van der Waals surface area contributed by atoms with E-state index in [1.807, 2.05) is 78.9 Å². The predicted octanol–water partition coefficient (Wildman–Crippen LogP) is 6.18. The zero-order valence-electron chi connectivity index (χ0n) is 22.3. The van der Waals surface area contributed by atoms with Gasteiger partial charge < -0.3 is 5.73 Å². The topological polar surface area (TPSA) is 80.5 Å². The summed E-state index contributed by atoms with van der Waals surface area (Å²) in [5, 5.41) is 1.57. The average molecular weight is 579 g/mol. The Balaban J connectivity index is 1.43. The van der Waals surface area contributed by atoms with E-state index in [1.54, 1.807) is 30.0 Å². The molecular formula is C34H30N2O3S2. The van der Waals surface area contributed by atoms with Gasteiger partial charge in [0.05, 0.1) is 9.64 Å². The Morgan fingerprint density at radius 2 is 1.20 bits per heavy atom. The highest BCUT2D eigenvalue weighted by Gasteiger charge is 2.48. The highest BCUT2D eigenvalue weighted by Crippen LogP contribution is 2.52. The van der Waals surface area contributed by atoms with Gasteiger partial charge in [-0.25, -0.2) is 8.42 Å². The highest BCUT2D eigenvalue weighted by atomic mass is 32.2. The number of rotatable bonds is 8. The predicted molar refractivity (Wildman–Crippen MR) is 166 cm³/mol. The van der Waals surface area contributed by atoms with Crippen LogP contribution in [0.3, 0.4) is 0 Å². The summed E-state index contributed by atoms with van der Waals surface area (Å²) < 4.78 is 28.7. The lowest BCUT2D eigenvalue weighted by atomic mass is 9.84. The van der Waals surface area contributed by atoms with Crippen molar-refractivity contribution >= 4 is 38.5 Å². The van der Waals surface area contributed by atoms with Crippen LogP contribution in [0.5, 0.6) is 0 Å². The van der Waals surface area contributed by atoms with Gasteiger partial charge in [-0.1, -0.05) is 121 Å². The van der Waals surface area contributed by atoms with E-state index >= 15 is 0 Å². The fourth-order valence-corrected chi connectivity index (χ4v) is 9.43. The first-order valence-corrected chi connectivity index (χ1v) is 15.9. The van der Waals surface area contributed by atoms with Crippen molar-refractivity contribution in [3.8, 4) is 0 Å². The lowest BCUT2D eigenvalue weighted by Gasteiger charge is -2.37. The lowest BCUT2D eigenvalue weighted by Crippen LogP contribution is -2.43. The Kier molecular flexibility index (Phi) is 7.43. The van der Waals surface area contributed by atoms with E-state index in [9.17, 15) is 13.2 Å². The summed E-state index contributed by atoms with van der Waals surface area (Å²) in [6.07, 6.45) is 0.320. The molecule has 1 heterocycles. The number of benzene rings is 5. The van der Waals surface area contributed by atoms with Crippen LogP contribution in [-0.2, 0) is 19.6 Å². The molecule has 5 aromatic carbocycles. The second-order valence-corrected chi connectivity index (χ2v) is 13.7. The summed E-state index contributed by atoms with van der Waals surface area (Å²) in [6, 6.07) is 42.5. The Hall–Kier alpha value is -3.91. The monoisotopic (exact) mass is 578 g/mol. The number of fused-ring (bicyclic) bond motifs is 1. The Morgan fingerprint density at radius 1 is 0.707 bits per heavy atom. The molecule has 1 saturated heterocycles. The third-order valence-corrected chi connectivity index (χ3v) is 11.4. The van der Waals surface area contributed by atoms with Crippen molar-refractivity contribution in [2.75, 3.05) is 6.54 Å². The summed E-state index contributed by atoms with van der Waals surface area (Å²) in [4.78, 5) is 12.9. The van der Waals surface area contributed by atoms with Crippen molar-refractivity contribution in [2.24, 2.45) is 5.73 Å². The molecule has 1 aliphatic heterocycles. The van der Waals surface area contributed by atoms with Crippen LogP contribution in [0.15, 0.2) is 138 Å². The maximum absolute atomic E-state index is 14.0. The molecule has 5 aromatic rings. The van der Waals surface area contributed by atoms with Crippen LogP contribution in [-0.4, -0.2) is 36.5 Å². The zero-order valence-corrected chi connectivity index (χ0v) is 24.0. The third-order valence-electron chi connectivity index (χ3n) is 7.76. The van der Waals surface area contributed by atoms with Crippen LogP contribution in [0.25, 0.3) is 10.8 Å². The molecule has 0 aliphatic carbocycles. The molecule has 2 N–H and O–H groups in total. The zero-order chi connectivity index (χ0) is 28.5. The van der Waals surface area contributed by atoms with Gasteiger partial charge >= 0.3 is 0 Å². The van der Waals surface area contributed by atoms with Crippen molar-refractivity contribution < 1.29 is 13.2 Å². The fourth-order valence-electron chi connectivity index (χ4n) is 5.81. The fraction of sp³-hybridized carbons (Fsp3) is 0.147. The number of hydrogen-bond acceptors (Lipinski definition) is 4. The van der Waals surface area contributed by atoms with E-state index in [2.05, 4.69) is 36.4 Å². The lowest BCUT2D eigenvalue weighted by molar-refractivity contribution is -0.121. The van der Waals surface area contributed by atoms with E-state index in [-0.39, 0.29) is 16.7 Å². The van der Waals surface area contributed by atoms with Gasteiger partial charge in [-0.05, 0) is 46.0 Å². The summed E-state index contributed by atoms with van der Waals surface area (Å²) in [5.41, 5.74) is 9.09. The van der Waals surface area contributed by atoms with Crippen molar-refractivity contribution in [3.63, 3.8) is 0 Å². The number of nitrogens with two attached hydrogens (primary N) is 1. The number of carbonyl (C=O) groups is 1. The normalized spacial score (nSPS) is 18.0. The second kappa shape index (κ2) is 11.2. The van der Waals surface area contributed by atoms with Gasteiger partial charge in [0, 0.05) is 11.8 Å². The first kappa shape index (κ1) is 27.3. The molecule has 206 valence electrons. The van der Waals surface area contributed by atoms with Crippen molar-refractivity contribution in [1.82, 2.24) is 4.31 Å². The molecule has 1 aliphatic rings. The molecule has 0 bridgehead atoms. The quantitative estimate of drug-likeness (QED) is 0.223. The number of primary amides is 1. The molecule has 2 unspecified atom stereocenters. The Labute approximate surface area is 245 Å². The van der Waals surface area contributed by atoms with Gasteiger partial charge in [0.2, 0.25) is 15.9 Å². The highest BCUT2D eigenvalue weighted by molar-refractivity contribution is 8.01. The van der Waals surface area contributed by atoms with E-state index in [0.717, 1.165) is 27.5 Å². The van der Waals surface area contributed by atoms with E-state index in [0.29, 0.717) is 6.42 Å². The molecule has 7 heteroatoms. The first-order valence-electron chi connectivity index (χ1n) is 13.5. The molecule has 41 heavy (non-hydrogen) atoms. The minimum absolute atomic E-state index is 0.161. The molecule has 0 saturated carbocycles. The van der Waals surface area contributed by atoms with Crippen LogP contribution < -0.4 is 5.73 Å². The molecule has 0 radical (unpaired) electrons. The van der Waals surface area contributed by atoms with Gasteiger partial charge in [0.1, 0.15) is 6.04 Å². The van der Waals surface area contributed by atoms with Crippen LogP contribution in [0.4, 0.5) is 0 Å². The molecule has 6 rings (SSSR count). The molecule has 0 aromatic heterocycles. The number of amides is 1. The average Bonchev–Trinajstić information content (AvgIpc) is 3.46. The maximum atomic E-state index is 14.0. The minimum Gasteiger partial charge on any atom is -0.368 e. The van der Waals surface area contributed by atoms with Crippen LogP contribution in [0.1, 0.15) is 23.1 Å². The van der Waals surface area contributed by atoms with E-state index < -0.39 is 26.7 Å². The van der Waals surface area contributed by atoms with E-state index in [4.69, 9.17) is 5.73 Å². The molecule has 2 atom stereocenters. The summed E-state index contributed by atoms with van der Waals surface area (Å²) in [7, 11) is -3.99. The van der Waals surface area contributed by atoms with Gasteiger partial charge in [-0.2, -0.15) is 4.31 Å². The number of sulfonamides is 1. The van der Waals surface area contributed by atoms with Crippen LogP contribution >= 0.6 is 11.8 Å². The van der Waals surface area contributed by atoms with Gasteiger partial charge in [-0.3, -0.25) is 4.79 Å². The molecule has 5 nitrogen and oxygen atoms in total. The van der Waals surface area contributed by atoms with Gasteiger partial charge in [-0.15, -0.1) is 11.8 Å². The Morgan fingerprint density at radius 3 is 1.71 bits per heavy atom. The first-order chi connectivity index (χ1) is 19.9. The second-order valence-electron chi connectivity index (χ2n) is 10.3. The summed E-state index contributed by atoms with van der Waals surface area (Å²) in [5.74, 6) is -0.637. The standard InChI is InChI=1S/C34H30N2O3S2/c35-33(37)32-23-30(24-36(32)41(38,39)31-21-20-25-12-10-11-13-26(25)22-31)40-34(27-14-4-1-5-15-27,28-16-6-2-7-17-28)29-18-8-3-9-19-29/h1-22,30,32H,23-24H2,(H2,35,37). The van der Waals surface area contributed by atoms with Gasteiger partial charge in [0.25, 0.3) is 0 Å². The SMILES string of the molecule is NC(=O)C1CC(SC(c2ccccc2)(c2ccccc2)c2ccccc2)CN1S(=O)(=O)c1ccc2ccccc2c1. The third kappa shape index (κ3) is 5.05. The molecule has 0 spiro atoms. The molecule has 1 amide bonds. The van der Waals surface area contributed by atoms with E-state index in [1.165, 1.54) is 4.31 Å². The number of hydrogen-bond donors (Lipinski definition) is 1. The van der Waals surface area contributed by atoms with Crippen LogP contribution in [0.2, 0.25) is 0 Å². The summed E-state index contributed by atoms with van der Waals surface area (Å²) in [6.45, 7) is 0.168. The van der Waals surface area contributed by atoms with Crippen molar-refractivity contribution in [3.05, 3.63) is 150 Å². The van der Waals surface area contributed by atoms with Crippen molar-refractivity contribution in [2.45, 2.75) is 27.4 Å². The largest absolute Gasteiger partial charge is 0.368 e. The maximum Gasteiger partial charge on any atom is 0.243 e. The van der Waals surface area contributed by atoms with Crippen molar-refractivity contribution in [1.29, 1.82) is 0 Å². The smallest absolute Gasteiger partial charge is 0.243 e. The molecular weight excluding hydrogens is 549 g/mol. The Bertz CT molecular complexity index is 1680. The summed E-state index contributed by atoms with van der Waals surface area (Å²) >= 11 is 1.68. The number of carbonyl (C=O) groups excluding carboxylic acids is 1. The number of nitrogens with zero attached hydrogens (tertiary/aromatic N) is 1. The molecule has 1 fully saturated rings. The number of thioether (sulfide) groups is 1. The van der Waals surface area contributed by atoms with Gasteiger partial charge in [0.15, 0.2) is 0 Å².